The lowest BCUT2D eigenvalue weighted by molar-refractivity contribution is -0.140. The van der Waals surface area contributed by atoms with Crippen molar-refractivity contribution in [2.24, 2.45) is 5.92 Å². The second-order valence-electron chi connectivity index (χ2n) is 5.26. The summed E-state index contributed by atoms with van der Waals surface area (Å²) in [6.07, 6.45) is 1.91. The fourth-order valence-electron chi connectivity index (χ4n) is 2.45. The van der Waals surface area contributed by atoms with Crippen molar-refractivity contribution in [1.82, 2.24) is 0 Å². The molecule has 2 unspecified atom stereocenters. The molecule has 0 aromatic carbocycles. The average Bonchev–Trinajstić information content (AvgIpc) is 2.29. The van der Waals surface area contributed by atoms with Gasteiger partial charge < -0.3 is 29.8 Å². The van der Waals surface area contributed by atoms with E-state index >= 15 is 0 Å². The maximum absolute atomic E-state index is 11.4. The van der Waals surface area contributed by atoms with Gasteiger partial charge in [-0.15, -0.1) is 0 Å². The maximum atomic E-state index is 11.4. The number of rotatable bonds is 11. The molecule has 6 N–H and O–H groups in total. The standard InChI is InChI=1S/C11H22O10P2/c1-2-3-4-5-6-7(8(10(12)13)22(16,17)18)9(11(14)15)23(19,20)21/h7-9H,2-6H2,1H3,(H,12,13)(H,14,15)(H2,16,17,18)(H2,19,20,21). The molecule has 0 aromatic rings. The van der Waals surface area contributed by atoms with E-state index in [4.69, 9.17) is 10.2 Å². The van der Waals surface area contributed by atoms with Gasteiger partial charge >= 0.3 is 27.1 Å². The second kappa shape index (κ2) is 8.92. The molecule has 0 saturated heterocycles. The van der Waals surface area contributed by atoms with Crippen LogP contribution in [-0.2, 0) is 18.7 Å². The zero-order valence-corrected chi connectivity index (χ0v) is 14.3. The SMILES string of the molecule is CCCCCCC(C(C(=O)O)P(=O)(O)O)C(C(=O)O)P(=O)(O)O. The summed E-state index contributed by atoms with van der Waals surface area (Å²) in [5.41, 5.74) is -4.98. The largest absolute Gasteiger partial charge is 0.481 e. The minimum absolute atomic E-state index is 0.200. The van der Waals surface area contributed by atoms with E-state index in [1.807, 2.05) is 6.92 Å². The van der Waals surface area contributed by atoms with E-state index < -0.39 is 44.4 Å². The summed E-state index contributed by atoms with van der Waals surface area (Å²) in [4.78, 5) is 59.2. The third-order valence-corrected chi connectivity index (χ3v) is 6.09. The molecule has 0 radical (unpaired) electrons. The molecule has 0 amide bonds. The highest BCUT2D eigenvalue weighted by Gasteiger charge is 2.53. The quantitative estimate of drug-likeness (QED) is 0.222. The third kappa shape index (κ3) is 7.12. The minimum atomic E-state index is -5.31. The van der Waals surface area contributed by atoms with E-state index in [0.717, 1.165) is 6.42 Å². The molecule has 0 aromatic heterocycles. The van der Waals surface area contributed by atoms with Crippen molar-refractivity contribution in [3.63, 3.8) is 0 Å². The summed E-state index contributed by atoms with van der Waals surface area (Å²) < 4.78 is 22.8. The first-order valence-electron chi connectivity index (χ1n) is 6.90. The molecule has 0 heterocycles. The molecule has 0 spiro atoms. The van der Waals surface area contributed by atoms with Gasteiger partial charge in [0.1, 0.15) is 0 Å². The first-order valence-corrected chi connectivity index (χ1v) is 10.3. The smallest absolute Gasteiger partial charge is 0.340 e. The highest BCUT2D eigenvalue weighted by atomic mass is 31.2. The Morgan fingerprint density at radius 2 is 1.22 bits per heavy atom. The topological polar surface area (TPSA) is 190 Å². The van der Waals surface area contributed by atoms with Crippen molar-refractivity contribution < 1.29 is 48.5 Å². The van der Waals surface area contributed by atoms with E-state index in [-0.39, 0.29) is 12.8 Å². The average molecular weight is 376 g/mol. The Morgan fingerprint density at radius 1 is 0.826 bits per heavy atom. The summed E-state index contributed by atoms with van der Waals surface area (Å²) in [5, 5.41) is 18.1. The molecule has 136 valence electrons. The number of carboxylic acids is 2. The molecule has 10 nitrogen and oxygen atoms in total. The molecule has 23 heavy (non-hydrogen) atoms. The Hall–Kier alpha value is -0.760. The molecule has 0 bridgehead atoms. The minimum Gasteiger partial charge on any atom is -0.481 e. The molecule has 0 aliphatic carbocycles. The van der Waals surface area contributed by atoms with Crippen molar-refractivity contribution in [3.05, 3.63) is 0 Å². The summed E-state index contributed by atoms with van der Waals surface area (Å²) in [5.74, 6) is -5.86. The van der Waals surface area contributed by atoms with E-state index in [0.29, 0.717) is 12.8 Å². The molecular weight excluding hydrogens is 354 g/mol. The van der Waals surface area contributed by atoms with Gasteiger partial charge in [-0.3, -0.25) is 18.7 Å². The van der Waals surface area contributed by atoms with Crippen LogP contribution in [0, 0.1) is 5.92 Å². The Bertz CT molecular complexity index is 467. The molecule has 0 fully saturated rings. The summed E-state index contributed by atoms with van der Waals surface area (Å²) in [7, 11) is -10.6. The Balaban J connectivity index is 5.77. The number of hydrogen-bond acceptors (Lipinski definition) is 4. The number of hydrogen-bond donors (Lipinski definition) is 6. The first kappa shape index (κ1) is 22.2. The van der Waals surface area contributed by atoms with Crippen molar-refractivity contribution in [2.45, 2.75) is 50.3 Å². The Morgan fingerprint density at radius 3 is 1.48 bits per heavy atom. The zero-order valence-electron chi connectivity index (χ0n) is 12.5. The summed E-state index contributed by atoms with van der Waals surface area (Å²) >= 11 is 0. The molecule has 0 saturated carbocycles. The lowest BCUT2D eigenvalue weighted by Gasteiger charge is -2.29. The summed E-state index contributed by atoms with van der Waals surface area (Å²) in [6.45, 7) is 1.88. The van der Waals surface area contributed by atoms with Gasteiger partial charge in [0.25, 0.3) is 0 Å². The number of aliphatic carboxylic acids is 2. The van der Waals surface area contributed by atoms with Gasteiger partial charge in [0, 0.05) is 5.92 Å². The van der Waals surface area contributed by atoms with Gasteiger partial charge in [-0.05, 0) is 6.42 Å². The normalized spacial score (nSPS) is 16.6. The number of carbonyl (C=O) groups is 2. The predicted molar refractivity (Wildman–Crippen MR) is 79.2 cm³/mol. The highest BCUT2D eigenvalue weighted by Crippen LogP contribution is 2.54. The van der Waals surface area contributed by atoms with Gasteiger partial charge in [0.05, 0.1) is 0 Å². The van der Waals surface area contributed by atoms with Gasteiger partial charge in [-0.1, -0.05) is 32.6 Å². The Labute approximate surface area is 132 Å². The predicted octanol–water partition coefficient (Wildman–Crippen LogP) is 0.835. The lowest BCUT2D eigenvalue weighted by atomic mass is 9.93. The van der Waals surface area contributed by atoms with Crippen LogP contribution in [0.15, 0.2) is 0 Å². The van der Waals surface area contributed by atoms with Crippen LogP contribution in [0.5, 0.6) is 0 Å². The molecule has 2 atom stereocenters. The van der Waals surface area contributed by atoms with Crippen LogP contribution in [-0.4, -0.2) is 53.0 Å². The van der Waals surface area contributed by atoms with E-state index in [1.54, 1.807) is 0 Å². The lowest BCUT2D eigenvalue weighted by Crippen LogP contribution is -2.41. The zero-order chi connectivity index (χ0) is 18.4. The van der Waals surface area contributed by atoms with Crippen LogP contribution in [0.3, 0.4) is 0 Å². The van der Waals surface area contributed by atoms with Gasteiger partial charge in [-0.25, -0.2) is 0 Å². The number of unbranched alkanes of at least 4 members (excludes halogenated alkanes) is 3. The summed E-state index contributed by atoms with van der Waals surface area (Å²) in [6, 6.07) is 0. The van der Waals surface area contributed by atoms with Crippen LogP contribution in [0.2, 0.25) is 0 Å². The van der Waals surface area contributed by atoms with E-state index in [2.05, 4.69) is 0 Å². The van der Waals surface area contributed by atoms with Crippen LogP contribution in [0.4, 0.5) is 0 Å². The van der Waals surface area contributed by atoms with Gasteiger partial charge in [0.15, 0.2) is 11.3 Å². The van der Waals surface area contributed by atoms with Crippen molar-refractivity contribution in [1.29, 1.82) is 0 Å². The van der Waals surface area contributed by atoms with Crippen LogP contribution in [0.1, 0.15) is 39.0 Å². The molecular formula is C11H22O10P2. The van der Waals surface area contributed by atoms with Crippen molar-refractivity contribution in [2.75, 3.05) is 0 Å². The Kier molecular flexibility index (Phi) is 8.62. The maximum Gasteiger partial charge on any atom is 0.340 e. The molecule has 0 rings (SSSR count). The highest BCUT2D eigenvalue weighted by molar-refractivity contribution is 7.55. The third-order valence-electron chi connectivity index (χ3n) is 3.43. The molecule has 0 aliphatic rings. The van der Waals surface area contributed by atoms with E-state index in [1.165, 1.54) is 0 Å². The van der Waals surface area contributed by atoms with Crippen LogP contribution >= 0.6 is 15.2 Å². The molecule has 0 aliphatic heterocycles. The van der Waals surface area contributed by atoms with Gasteiger partial charge in [0.2, 0.25) is 0 Å². The molecule has 12 heteroatoms. The van der Waals surface area contributed by atoms with Crippen molar-refractivity contribution >= 4 is 27.1 Å². The monoisotopic (exact) mass is 376 g/mol. The first-order chi connectivity index (χ1) is 10.3. The second-order valence-corrected chi connectivity index (χ2v) is 8.73. The van der Waals surface area contributed by atoms with Gasteiger partial charge in [-0.2, -0.15) is 0 Å². The van der Waals surface area contributed by atoms with E-state index in [9.17, 15) is 38.3 Å². The number of carboxylic acid groups (broad SMARTS) is 2. The fraction of sp³-hybridized carbons (Fsp3) is 0.818. The van der Waals surface area contributed by atoms with Crippen molar-refractivity contribution in [3.8, 4) is 0 Å². The van der Waals surface area contributed by atoms with Crippen LogP contribution < -0.4 is 0 Å². The fourth-order valence-corrected chi connectivity index (χ4v) is 4.80. The van der Waals surface area contributed by atoms with Crippen LogP contribution in [0.25, 0.3) is 0 Å².